The van der Waals surface area contributed by atoms with Crippen LogP contribution in [0.2, 0.25) is 10.0 Å². The standard InChI is InChI=1S/C20H19Cl2F3N6O/c21-14-3-1-2-12(17(14)22)6-9-26-18(32)13-7-10-30(11-8-13)16-5-4-15-27-28-19(20(23,24)25)31(15)29-16/h1-5,13H,6-11H2,(H,26,32). The molecule has 3 heterocycles. The summed E-state index contributed by atoms with van der Waals surface area (Å²) in [6.45, 7) is 1.44. The van der Waals surface area contributed by atoms with Gasteiger partial charge in [0.1, 0.15) is 5.82 Å². The maximum atomic E-state index is 13.1. The van der Waals surface area contributed by atoms with Crippen LogP contribution in [0, 0.1) is 5.92 Å². The Labute approximate surface area is 191 Å². The van der Waals surface area contributed by atoms with Crippen LogP contribution in [-0.2, 0) is 17.4 Å². The van der Waals surface area contributed by atoms with Crippen molar-refractivity contribution < 1.29 is 18.0 Å². The third-order valence-electron chi connectivity index (χ3n) is 5.42. The van der Waals surface area contributed by atoms with E-state index in [-0.39, 0.29) is 17.5 Å². The zero-order valence-electron chi connectivity index (χ0n) is 16.7. The molecule has 0 saturated carbocycles. The molecule has 170 valence electrons. The lowest BCUT2D eigenvalue weighted by molar-refractivity contribution is -0.146. The molecular weight excluding hydrogens is 468 g/mol. The van der Waals surface area contributed by atoms with Crippen LogP contribution in [0.4, 0.5) is 19.0 Å². The highest BCUT2D eigenvalue weighted by Crippen LogP contribution is 2.29. The highest BCUT2D eigenvalue weighted by Gasteiger charge is 2.38. The van der Waals surface area contributed by atoms with Gasteiger partial charge in [0.25, 0.3) is 5.82 Å². The van der Waals surface area contributed by atoms with E-state index in [0.717, 1.165) is 5.56 Å². The molecule has 3 aromatic rings. The number of hydrogen-bond donors (Lipinski definition) is 1. The number of amides is 1. The van der Waals surface area contributed by atoms with E-state index < -0.39 is 12.0 Å². The Morgan fingerprint density at radius 3 is 2.59 bits per heavy atom. The van der Waals surface area contributed by atoms with Crippen molar-refractivity contribution in [2.45, 2.75) is 25.4 Å². The number of fused-ring (bicyclic) bond motifs is 1. The molecule has 0 aliphatic carbocycles. The van der Waals surface area contributed by atoms with E-state index in [1.54, 1.807) is 12.1 Å². The van der Waals surface area contributed by atoms with Crippen LogP contribution in [0.15, 0.2) is 30.3 Å². The number of anilines is 1. The Morgan fingerprint density at radius 1 is 1.12 bits per heavy atom. The van der Waals surface area contributed by atoms with Crippen molar-refractivity contribution in [1.29, 1.82) is 0 Å². The van der Waals surface area contributed by atoms with Crippen LogP contribution >= 0.6 is 23.2 Å². The predicted octanol–water partition coefficient (Wildman–Crippen LogP) is 4.03. The van der Waals surface area contributed by atoms with Gasteiger partial charge < -0.3 is 10.2 Å². The van der Waals surface area contributed by atoms with E-state index in [1.165, 1.54) is 6.07 Å². The third kappa shape index (κ3) is 4.75. The summed E-state index contributed by atoms with van der Waals surface area (Å²) in [5.41, 5.74) is 0.887. The predicted molar refractivity (Wildman–Crippen MR) is 114 cm³/mol. The monoisotopic (exact) mass is 486 g/mol. The van der Waals surface area contributed by atoms with Gasteiger partial charge >= 0.3 is 6.18 Å². The number of piperidine rings is 1. The number of carbonyl (C=O) groups is 1. The van der Waals surface area contributed by atoms with Gasteiger partial charge in [0, 0.05) is 25.6 Å². The molecule has 1 aliphatic rings. The molecular formula is C20H19Cl2F3N6O. The van der Waals surface area contributed by atoms with Crippen molar-refractivity contribution in [1.82, 2.24) is 25.1 Å². The fourth-order valence-electron chi connectivity index (χ4n) is 3.70. The molecule has 1 aliphatic heterocycles. The Morgan fingerprint density at radius 2 is 1.88 bits per heavy atom. The SMILES string of the molecule is O=C(NCCc1cccc(Cl)c1Cl)C1CCN(c2ccc3nnc(C(F)(F)F)n3n2)CC1. The van der Waals surface area contributed by atoms with Gasteiger partial charge in [0.15, 0.2) is 5.65 Å². The lowest BCUT2D eigenvalue weighted by atomic mass is 9.96. The lowest BCUT2D eigenvalue weighted by Crippen LogP contribution is -2.41. The van der Waals surface area contributed by atoms with Crippen molar-refractivity contribution >= 4 is 40.6 Å². The largest absolute Gasteiger partial charge is 0.453 e. The first-order valence-corrected chi connectivity index (χ1v) is 10.7. The number of alkyl halides is 3. The number of carbonyl (C=O) groups excluding carboxylic acids is 1. The first kappa shape index (κ1) is 22.6. The number of nitrogens with zero attached hydrogens (tertiary/aromatic N) is 5. The van der Waals surface area contributed by atoms with Gasteiger partial charge in [-0.3, -0.25) is 4.79 Å². The van der Waals surface area contributed by atoms with Crippen molar-refractivity contribution in [2.75, 3.05) is 24.5 Å². The first-order chi connectivity index (χ1) is 15.2. The third-order valence-corrected chi connectivity index (χ3v) is 6.28. The number of aromatic nitrogens is 4. The second-order valence-electron chi connectivity index (χ2n) is 7.50. The molecule has 0 spiro atoms. The number of rotatable bonds is 5. The quantitative estimate of drug-likeness (QED) is 0.589. The minimum Gasteiger partial charge on any atom is -0.356 e. The summed E-state index contributed by atoms with van der Waals surface area (Å²) >= 11 is 12.2. The van der Waals surface area contributed by atoms with E-state index in [4.69, 9.17) is 23.2 Å². The Bertz CT molecular complexity index is 1130. The van der Waals surface area contributed by atoms with E-state index in [1.807, 2.05) is 17.0 Å². The molecule has 1 saturated heterocycles. The maximum Gasteiger partial charge on any atom is 0.453 e. The molecule has 2 aromatic heterocycles. The first-order valence-electron chi connectivity index (χ1n) is 9.99. The summed E-state index contributed by atoms with van der Waals surface area (Å²) < 4.78 is 39.9. The normalized spacial score (nSPS) is 15.3. The van der Waals surface area contributed by atoms with Crippen LogP contribution in [0.3, 0.4) is 0 Å². The minimum absolute atomic E-state index is 0.0233. The van der Waals surface area contributed by atoms with Crippen LogP contribution in [0.25, 0.3) is 5.65 Å². The van der Waals surface area contributed by atoms with Crippen LogP contribution in [-0.4, -0.2) is 45.4 Å². The summed E-state index contributed by atoms with van der Waals surface area (Å²) in [5, 5.41) is 14.7. The van der Waals surface area contributed by atoms with Gasteiger partial charge in [0.05, 0.1) is 10.0 Å². The van der Waals surface area contributed by atoms with Crippen molar-refractivity contribution in [3.63, 3.8) is 0 Å². The van der Waals surface area contributed by atoms with Crippen LogP contribution < -0.4 is 10.2 Å². The summed E-state index contributed by atoms with van der Waals surface area (Å²) in [5.74, 6) is -1.00. The molecule has 0 atom stereocenters. The molecule has 1 N–H and O–H groups in total. The van der Waals surface area contributed by atoms with Crippen molar-refractivity contribution in [2.24, 2.45) is 5.92 Å². The smallest absolute Gasteiger partial charge is 0.356 e. The Hall–Kier alpha value is -2.59. The van der Waals surface area contributed by atoms with E-state index in [0.29, 0.717) is 59.3 Å². The van der Waals surface area contributed by atoms with Gasteiger partial charge in [0.2, 0.25) is 5.91 Å². The van der Waals surface area contributed by atoms with Crippen molar-refractivity contribution in [3.05, 3.63) is 51.8 Å². The maximum absolute atomic E-state index is 13.1. The van der Waals surface area contributed by atoms with Gasteiger partial charge in [-0.1, -0.05) is 35.3 Å². The summed E-state index contributed by atoms with van der Waals surface area (Å²) in [7, 11) is 0. The molecule has 7 nitrogen and oxygen atoms in total. The molecule has 0 radical (unpaired) electrons. The van der Waals surface area contributed by atoms with Crippen LogP contribution in [0.5, 0.6) is 0 Å². The summed E-state index contributed by atoms with van der Waals surface area (Å²) in [6, 6.07) is 8.44. The zero-order valence-corrected chi connectivity index (χ0v) is 18.3. The Kier molecular flexibility index (Phi) is 6.43. The second kappa shape index (κ2) is 9.11. The van der Waals surface area contributed by atoms with Gasteiger partial charge in [-0.2, -0.15) is 17.7 Å². The van der Waals surface area contributed by atoms with Gasteiger partial charge in [-0.15, -0.1) is 15.3 Å². The highest BCUT2D eigenvalue weighted by atomic mass is 35.5. The van der Waals surface area contributed by atoms with Crippen LogP contribution in [0.1, 0.15) is 24.2 Å². The molecule has 0 bridgehead atoms. The summed E-state index contributed by atoms with van der Waals surface area (Å²) in [6.07, 6.45) is -2.95. The minimum atomic E-state index is -4.65. The number of halogens is 5. The second-order valence-corrected chi connectivity index (χ2v) is 8.28. The Balaban J connectivity index is 1.33. The fourth-order valence-corrected chi connectivity index (χ4v) is 4.12. The average Bonchev–Trinajstić information content (AvgIpc) is 3.20. The van der Waals surface area contributed by atoms with E-state index >= 15 is 0 Å². The van der Waals surface area contributed by atoms with Gasteiger partial charge in [-0.25, -0.2) is 0 Å². The highest BCUT2D eigenvalue weighted by molar-refractivity contribution is 6.42. The van der Waals surface area contributed by atoms with E-state index in [2.05, 4.69) is 20.6 Å². The van der Waals surface area contributed by atoms with E-state index in [9.17, 15) is 18.0 Å². The molecule has 1 amide bonds. The summed E-state index contributed by atoms with van der Waals surface area (Å²) in [4.78, 5) is 14.4. The van der Waals surface area contributed by atoms with Gasteiger partial charge in [-0.05, 0) is 43.0 Å². The molecule has 0 unspecified atom stereocenters. The topological polar surface area (TPSA) is 75.4 Å². The molecule has 12 heteroatoms. The zero-order chi connectivity index (χ0) is 22.9. The lowest BCUT2D eigenvalue weighted by Gasteiger charge is -2.32. The van der Waals surface area contributed by atoms with Crippen molar-refractivity contribution in [3.8, 4) is 0 Å². The number of benzene rings is 1. The molecule has 1 fully saturated rings. The number of hydrogen-bond acceptors (Lipinski definition) is 5. The molecule has 1 aromatic carbocycles. The fraction of sp³-hybridized carbons (Fsp3) is 0.400. The molecule has 32 heavy (non-hydrogen) atoms. The average molecular weight is 487 g/mol. The molecule has 4 rings (SSSR count). The number of nitrogens with one attached hydrogen (secondary N) is 1.